The number of carbonyl (C=O) groups is 6. The molecule has 0 aliphatic carbocycles. The van der Waals surface area contributed by atoms with Crippen molar-refractivity contribution in [2.75, 3.05) is 98.5 Å². The third-order valence-electron chi connectivity index (χ3n) is 12.1. The van der Waals surface area contributed by atoms with E-state index in [-0.39, 0.29) is 39.6 Å². The van der Waals surface area contributed by atoms with Gasteiger partial charge in [-0.25, -0.2) is 28.8 Å². The molecule has 0 bridgehead atoms. The summed E-state index contributed by atoms with van der Waals surface area (Å²) in [5.41, 5.74) is 7.21. The Hall–Kier alpha value is -8.66. The Balaban J connectivity index is 1.38. The van der Waals surface area contributed by atoms with Gasteiger partial charge in [-0.3, -0.25) is 0 Å². The van der Waals surface area contributed by atoms with E-state index in [4.69, 9.17) is 28.4 Å². The Bertz CT molecular complexity index is 2520. The van der Waals surface area contributed by atoms with Crippen molar-refractivity contribution < 1.29 is 57.2 Å². The normalized spacial score (nSPS) is 10.7. The third kappa shape index (κ3) is 15.4. The maximum atomic E-state index is 12.8. The predicted molar refractivity (Wildman–Crippen MR) is 293 cm³/mol. The highest BCUT2D eigenvalue weighted by Crippen LogP contribution is 2.30. The van der Waals surface area contributed by atoms with Crippen molar-refractivity contribution in [1.29, 1.82) is 0 Å². The van der Waals surface area contributed by atoms with E-state index in [1.165, 1.54) is 0 Å². The Morgan fingerprint density at radius 3 is 0.579 bits per heavy atom. The molecular formula is C60H66N4O12. The molecule has 0 amide bonds. The summed E-state index contributed by atoms with van der Waals surface area (Å²) in [7, 11) is 0. The van der Waals surface area contributed by atoms with Gasteiger partial charge in [0.1, 0.15) is 0 Å². The summed E-state index contributed by atoms with van der Waals surface area (Å²) >= 11 is 0. The minimum absolute atomic E-state index is 0.232. The van der Waals surface area contributed by atoms with E-state index >= 15 is 0 Å². The molecule has 0 N–H and O–H groups in total. The van der Waals surface area contributed by atoms with Crippen molar-refractivity contribution in [2.24, 2.45) is 0 Å². The maximum Gasteiger partial charge on any atom is 0.338 e. The highest BCUT2D eigenvalue weighted by Gasteiger charge is 2.21. The minimum atomic E-state index is -0.433. The highest BCUT2D eigenvalue weighted by molar-refractivity contribution is 5.93. The van der Waals surface area contributed by atoms with E-state index in [2.05, 4.69) is 19.6 Å². The van der Waals surface area contributed by atoms with Gasteiger partial charge in [0, 0.05) is 73.4 Å². The zero-order chi connectivity index (χ0) is 54.4. The molecule has 0 aliphatic rings. The van der Waals surface area contributed by atoms with Crippen molar-refractivity contribution in [3.8, 4) is 0 Å². The van der Waals surface area contributed by atoms with Crippen LogP contribution in [0.5, 0.6) is 0 Å². The summed E-state index contributed by atoms with van der Waals surface area (Å²) in [6, 6.07) is 43.1. The van der Waals surface area contributed by atoms with Crippen LogP contribution in [0.1, 0.15) is 104 Å². The van der Waals surface area contributed by atoms with Crippen LogP contribution in [0.15, 0.2) is 146 Å². The average molecular weight is 1040 g/mol. The van der Waals surface area contributed by atoms with E-state index in [1.54, 1.807) is 114 Å². The summed E-state index contributed by atoms with van der Waals surface area (Å²) in [5, 5.41) is 0. The number of hydrogen-bond donors (Lipinski definition) is 0. The van der Waals surface area contributed by atoms with Gasteiger partial charge in [-0.1, -0.05) is 0 Å². The SMILES string of the molecule is CCOC(=O)c1ccc(N(CCN(CCN(c2ccc(C(=O)OCC)cc2)c2ccc(C(=O)OCC)cc2)c2ccc(C(=O)OCC)cc2)CCN(c2ccc(C(=O)OCC)cc2)c2ccc(C(=O)OCC)cc2)cc1. The third-order valence-corrected chi connectivity index (χ3v) is 12.1. The van der Waals surface area contributed by atoms with Gasteiger partial charge in [0.15, 0.2) is 0 Å². The molecule has 0 fully saturated rings. The average Bonchev–Trinajstić information content (AvgIpc) is 3.44. The molecule has 0 radical (unpaired) electrons. The lowest BCUT2D eigenvalue weighted by atomic mass is 10.1. The fourth-order valence-corrected chi connectivity index (χ4v) is 8.25. The lowest BCUT2D eigenvalue weighted by Crippen LogP contribution is -2.41. The molecule has 6 rings (SSSR count). The monoisotopic (exact) mass is 1030 g/mol. The number of carbonyl (C=O) groups excluding carboxylic acids is 6. The number of ether oxygens (including phenoxy) is 6. The lowest BCUT2D eigenvalue weighted by Gasteiger charge is -2.34. The van der Waals surface area contributed by atoms with Crippen molar-refractivity contribution in [3.63, 3.8) is 0 Å². The van der Waals surface area contributed by atoms with Crippen LogP contribution in [0.3, 0.4) is 0 Å². The van der Waals surface area contributed by atoms with Crippen LogP contribution < -0.4 is 19.6 Å². The van der Waals surface area contributed by atoms with Crippen LogP contribution in [-0.2, 0) is 28.4 Å². The van der Waals surface area contributed by atoms with Gasteiger partial charge in [-0.2, -0.15) is 0 Å². The number of esters is 6. The first-order valence-electron chi connectivity index (χ1n) is 25.6. The van der Waals surface area contributed by atoms with Crippen LogP contribution in [0.2, 0.25) is 0 Å². The van der Waals surface area contributed by atoms with Gasteiger partial charge in [0.05, 0.1) is 73.0 Å². The predicted octanol–water partition coefficient (Wildman–Crippen LogP) is 10.7. The summed E-state index contributed by atoms with van der Waals surface area (Å²) in [4.78, 5) is 85.0. The molecule has 0 atom stereocenters. The van der Waals surface area contributed by atoms with E-state index in [9.17, 15) is 28.8 Å². The Kier molecular flexibility index (Phi) is 21.4. The van der Waals surface area contributed by atoms with Crippen molar-refractivity contribution in [1.82, 2.24) is 0 Å². The molecule has 0 saturated carbocycles. The molecule has 76 heavy (non-hydrogen) atoms. The second-order valence-corrected chi connectivity index (χ2v) is 16.9. The summed E-state index contributed by atoms with van der Waals surface area (Å²) in [6.45, 7) is 14.6. The Morgan fingerprint density at radius 1 is 0.250 bits per heavy atom. The van der Waals surface area contributed by atoms with Gasteiger partial charge in [-0.05, 0) is 187 Å². The number of nitrogens with zero attached hydrogens (tertiary/aromatic N) is 4. The summed E-state index contributed by atoms with van der Waals surface area (Å²) in [6.07, 6.45) is 0. The topological polar surface area (TPSA) is 171 Å². The fourth-order valence-electron chi connectivity index (χ4n) is 8.25. The van der Waals surface area contributed by atoms with Crippen LogP contribution >= 0.6 is 0 Å². The molecule has 0 aromatic heterocycles. The van der Waals surface area contributed by atoms with Crippen LogP contribution in [-0.4, -0.2) is 115 Å². The van der Waals surface area contributed by atoms with Crippen molar-refractivity contribution in [3.05, 3.63) is 179 Å². The zero-order valence-corrected chi connectivity index (χ0v) is 44.0. The molecule has 16 nitrogen and oxygen atoms in total. The number of hydrogen-bond acceptors (Lipinski definition) is 16. The molecule has 0 unspecified atom stereocenters. The van der Waals surface area contributed by atoms with Crippen LogP contribution in [0.4, 0.5) is 34.1 Å². The number of benzene rings is 6. The zero-order valence-electron chi connectivity index (χ0n) is 44.0. The first-order chi connectivity index (χ1) is 36.9. The van der Waals surface area contributed by atoms with Gasteiger partial charge >= 0.3 is 35.8 Å². The van der Waals surface area contributed by atoms with Crippen LogP contribution in [0.25, 0.3) is 0 Å². The summed E-state index contributed by atoms with van der Waals surface area (Å²) in [5.74, 6) is -2.59. The van der Waals surface area contributed by atoms with Gasteiger partial charge in [-0.15, -0.1) is 0 Å². The van der Waals surface area contributed by atoms with Gasteiger partial charge in [0.2, 0.25) is 0 Å². The number of rotatable bonds is 27. The van der Waals surface area contributed by atoms with E-state index < -0.39 is 35.8 Å². The van der Waals surface area contributed by atoms with E-state index in [0.29, 0.717) is 72.6 Å². The molecule has 0 heterocycles. The van der Waals surface area contributed by atoms with E-state index in [0.717, 1.165) is 34.1 Å². The second-order valence-electron chi connectivity index (χ2n) is 16.9. The van der Waals surface area contributed by atoms with Gasteiger partial charge < -0.3 is 48.0 Å². The molecule has 6 aromatic carbocycles. The molecule has 398 valence electrons. The highest BCUT2D eigenvalue weighted by atomic mass is 16.5. The minimum Gasteiger partial charge on any atom is -0.462 e. The number of anilines is 6. The van der Waals surface area contributed by atoms with Crippen molar-refractivity contribution in [2.45, 2.75) is 41.5 Å². The molecule has 0 saturated heterocycles. The first-order valence-corrected chi connectivity index (χ1v) is 25.6. The van der Waals surface area contributed by atoms with E-state index in [1.807, 2.05) is 72.8 Å². The molecular weight excluding hydrogens is 969 g/mol. The van der Waals surface area contributed by atoms with Crippen LogP contribution in [0, 0.1) is 0 Å². The molecule has 0 aliphatic heterocycles. The maximum absolute atomic E-state index is 12.8. The second kappa shape index (κ2) is 28.7. The smallest absolute Gasteiger partial charge is 0.338 e. The molecule has 0 spiro atoms. The fraction of sp³-hybridized carbons (Fsp3) is 0.300. The Morgan fingerprint density at radius 2 is 0.408 bits per heavy atom. The first kappa shape index (κ1) is 56.6. The van der Waals surface area contributed by atoms with Gasteiger partial charge in [0.25, 0.3) is 0 Å². The quantitative estimate of drug-likeness (QED) is 0.0352. The standard InChI is InChI=1S/C60H66N4O12/c1-7-71-55(65)43-13-25-49(26-14-43)61(39-41-63(51-29-17-45(18-30-51)57(67)73-9-3)52-31-19-46(20-32-52)58(68)74-10-4)37-38-62(50-27-15-44(16-28-50)56(66)72-8-2)40-42-64(53-33-21-47(22-34-53)59(69)75-11-5)54-35-23-48(24-36-54)60(70)76-12-6/h13-36H,7-12,37-42H2,1-6H3. The molecule has 16 heteroatoms. The Labute approximate surface area is 444 Å². The lowest BCUT2D eigenvalue weighted by molar-refractivity contribution is 0.0516. The largest absolute Gasteiger partial charge is 0.462 e. The van der Waals surface area contributed by atoms with Crippen molar-refractivity contribution >= 4 is 69.9 Å². The molecule has 6 aromatic rings. The summed E-state index contributed by atoms with van der Waals surface area (Å²) < 4.78 is 31.7.